The largest absolute Gasteiger partial charge is 0.339 e. The van der Waals surface area contributed by atoms with Gasteiger partial charge in [0, 0.05) is 24.2 Å². The third-order valence-electron chi connectivity index (χ3n) is 5.37. The van der Waals surface area contributed by atoms with Crippen LogP contribution in [0.2, 0.25) is 0 Å². The molecule has 0 atom stereocenters. The maximum Gasteiger partial charge on any atom is 0.253 e. The second kappa shape index (κ2) is 9.47. The summed E-state index contributed by atoms with van der Waals surface area (Å²) in [5, 5.41) is 3.41. The van der Waals surface area contributed by atoms with E-state index in [1.807, 2.05) is 55.1 Å². The van der Waals surface area contributed by atoms with E-state index in [0.717, 1.165) is 48.9 Å². The summed E-state index contributed by atoms with van der Waals surface area (Å²) in [6.07, 6.45) is 2.88. The summed E-state index contributed by atoms with van der Waals surface area (Å²) < 4.78 is 0. The molecule has 3 rings (SSSR count). The molecule has 2 aromatic rings. The van der Waals surface area contributed by atoms with Crippen molar-refractivity contribution in [2.24, 2.45) is 0 Å². The smallest absolute Gasteiger partial charge is 0.253 e. The van der Waals surface area contributed by atoms with E-state index in [9.17, 15) is 9.59 Å². The molecule has 4 heteroatoms. The number of aldehydes is 1. The molecule has 0 saturated carbocycles. The molecule has 1 saturated heterocycles. The lowest BCUT2D eigenvalue weighted by Gasteiger charge is -2.22. The number of carbonyl (C=O) groups is 2. The minimum Gasteiger partial charge on any atom is -0.339 e. The minimum atomic E-state index is 0.0722. The predicted octanol–water partition coefficient (Wildman–Crippen LogP) is 4.17. The highest BCUT2D eigenvalue weighted by molar-refractivity contribution is 5.95. The molecule has 4 nitrogen and oxygen atoms in total. The number of nitrogens with one attached hydrogen (secondary N) is 1. The van der Waals surface area contributed by atoms with Crippen LogP contribution in [-0.2, 0) is 0 Å². The Hall–Kier alpha value is -2.72. The van der Waals surface area contributed by atoms with Crippen molar-refractivity contribution in [2.45, 2.75) is 26.7 Å². The Morgan fingerprint density at radius 3 is 1.89 bits per heavy atom. The molecule has 1 amide bonds. The van der Waals surface area contributed by atoms with E-state index in [2.05, 4.69) is 17.4 Å². The molecule has 0 bridgehead atoms. The van der Waals surface area contributed by atoms with Gasteiger partial charge in [0.25, 0.3) is 5.91 Å². The molecule has 0 aromatic heterocycles. The van der Waals surface area contributed by atoms with E-state index in [1.54, 1.807) is 0 Å². The highest BCUT2D eigenvalue weighted by Gasteiger charge is 2.17. The van der Waals surface area contributed by atoms with Crippen LogP contribution < -0.4 is 5.32 Å². The summed E-state index contributed by atoms with van der Waals surface area (Å²) in [6, 6.07) is 15.7. The summed E-state index contributed by atoms with van der Waals surface area (Å²) in [5.41, 5.74) is 6.27. The summed E-state index contributed by atoms with van der Waals surface area (Å²) in [5.74, 6) is 0.0722. The maximum atomic E-state index is 12.6. The van der Waals surface area contributed by atoms with Crippen LogP contribution in [0.4, 0.5) is 0 Å². The number of amides is 1. The molecule has 1 aliphatic heterocycles. The SMILES string of the molecule is CCN(CC)C(=O)c1ccc(C(=C2CCNCC2)c2ccc(C=O)cc2)cc1. The molecular formula is C24H28N2O2. The summed E-state index contributed by atoms with van der Waals surface area (Å²) in [4.78, 5) is 25.4. The number of carbonyl (C=O) groups excluding carboxylic acids is 2. The fraction of sp³-hybridized carbons (Fsp3) is 0.333. The first-order valence-corrected chi connectivity index (χ1v) is 10.1. The molecule has 0 spiro atoms. The van der Waals surface area contributed by atoms with Crippen LogP contribution in [0.5, 0.6) is 0 Å². The lowest BCUT2D eigenvalue weighted by atomic mass is 9.88. The zero-order valence-corrected chi connectivity index (χ0v) is 16.7. The van der Waals surface area contributed by atoms with Crippen LogP contribution in [0.15, 0.2) is 54.1 Å². The maximum absolute atomic E-state index is 12.6. The zero-order valence-electron chi connectivity index (χ0n) is 16.7. The molecular weight excluding hydrogens is 348 g/mol. The molecule has 1 heterocycles. The van der Waals surface area contributed by atoms with Gasteiger partial charge >= 0.3 is 0 Å². The van der Waals surface area contributed by atoms with Crippen LogP contribution in [0.25, 0.3) is 5.57 Å². The van der Waals surface area contributed by atoms with Crippen molar-refractivity contribution < 1.29 is 9.59 Å². The average Bonchev–Trinajstić information content (AvgIpc) is 2.76. The van der Waals surface area contributed by atoms with Gasteiger partial charge in [-0.15, -0.1) is 0 Å². The molecule has 0 unspecified atom stereocenters. The van der Waals surface area contributed by atoms with E-state index in [4.69, 9.17) is 0 Å². The number of piperidine rings is 1. The Kier molecular flexibility index (Phi) is 6.77. The molecule has 1 N–H and O–H groups in total. The van der Waals surface area contributed by atoms with E-state index < -0.39 is 0 Å². The number of hydrogen-bond donors (Lipinski definition) is 1. The molecule has 1 fully saturated rings. The first-order valence-electron chi connectivity index (χ1n) is 10.1. The van der Waals surface area contributed by atoms with Crippen molar-refractivity contribution in [2.75, 3.05) is 26.2 Å². The molecule has 28 heavy (non-hydrogen) atoms. The van der Waals surface area contributed by atoms with Crippen molar-refractivity contribution in [1.82, 2.24) is 10.2 Å². The topological polar surface area (TPSA) is 49.4 Å². The standard InChI is InChI=1S/C24H28N2O2/c1-3-26(4-2)24(28)22-11-9-20(10-12-22)23(21-13-15-25-16-14-21)19-7-5-18(17-27)6-8-19/h5-12,17,25H,3-4,13-16H2,1-2H3. The highest BCUT2D eigenvalue weighted by Crippen LogP contribution is 2.31. The summed E-state index contributed by atoms with van der Waals surface area (Å²) in [7, 11) is 0. The Morgan fingerprint density at radius 2 is 1.39 bits per heavy atom. The van der Waals surface area contributed by atoms with Crippen molar-refractivity contribution in [3.63, 3.8) is 0 Å². The van der Waals surface area contributed by atoms with E-state index in [-0.39, 0.29) is 5.91 Å². The molecule has 1 aliphatic rings. The second-order valence-electron chi connectivity index (χ2n) is 7.02. The van der Waals surface area contributed by atoms with Gasteiger partial charge in [-0.1, -0.05) is 42.0 Å². The van der Waals surface area contributed by atoms with Crippen LogP contribution in [0, 0.1) is 0 Å². The average molecular weight is 377 g/mol. The third kappa shape index (κ3) is 4.39. The van der Waals surface area contributed by atoms with Gasteiger partial charge in [-0.25, -0.2) is 0 Å². The Balaban J connectivity index is 1.98. The van der Waals surface area contributed by atoms with Crippen molar-refractivity contribution in [3.8, 4) is 0 Å². The number of rotatable bonds is 6. The van der Waals surface area contributed by atoms with Gasteiger partial charge in [0.2, 0.25) is 0 Å². The number of benzene rings is 2. The first kappa shape index (κ1) is 20.0. The Morgan fingerprint density at radius 1 is 0.893 bits per heavy atom. The van der Waals surface area contributed by atoms with E-state index in [0.29, 0.717) is 18.7 Å². The van der Waals surface area contributed by atoms with Gasteiger partial charge in [0.1, 0.15) is 6.29 Å². The summed E-state index contributed by atoms with van der Waals surface area (Å²) in [6.45, 7) is 7.37. The molecule has 0 aliphatic carbocycles. The summed E-state index contributed by atoms with van der Waals surface area (Å²) >= 11 is 0. The second-order valence-corrected chi connectivity index (χ2v) is 7.02. The Labute approximate surface area is 167 Å². The quantitative estimate of drug-likeness (QED) is 0.770. The van der Waals surface area contributed by atoms with Gasteiger partial charge in [0.05, 0.1) is 0 Å². The van der Waals surface area contributed by atoms with Gasteiger partial charge in [0.15, 0.2) is 0 Å². The first-order chi connectivity index (χ1) is 13.7. The molecule has 0 radical (unpaired) electrons. The Bertz CT molecular complexity index is 839. The van der Waals surface area contributed by atoms with Gasteiger partial charge in [-0.2, -0.15) is 0 Å². The van der Waals surface area contributed by atoms with Crippen molar-refractivity contribution in [3.05, 3.63) is 76.4 Å². The van der Waals surface area contributed by atoms with Gasteiger partial charge in [-0.3, -0.25) is 9.59 Å². The van der Waals surface area contributed by atoms with Crippen LogP contribution in [0.3, 0.4) is 0 Å². The fourth-order valence-corrected chi connectivity index (χ4v) is 3.75. The normalized spacial score (nSPS) is 13.9. The molecule has 146 valence electrons. The van der Waals surface area contributed by atoms with Gasteiger partial charge in [-0.05, 0) is 68.6 Å². The fourth-order valence-electron chi connectivity index (χ4n) is 3.75. The zero-order chi connectivity index (χ0) is 19.9. The van der Waals surface area contributed by atoms with Crippen molar-refractivity contribution >= 4 is 17.8 Å². The highest BCUT2D eigenvalue weighted by atomic mass is 16.2. The monoisotopic (exact) mass is 376 g/mol. The predicted molar refractivity (Wildman–Crippen MR) is 114 cm³/mol. The number of hydrogen-bond acceptors (Lipinski definition) is 3. The molecule has 2 aromatic carbocycles. The van der Waals surface area contributed by atoms with Crippen LogP contribution in [-0.4, -0.2) is 43.3 Å². The van der Waals surface area contributed by atoms with Crippen molar-refractivity contribution in [1.29, 1.82) is 0 Å². The van der Waals surface area contributed by atoms with Gasteiger partial charge < -0.3 is 10.2 Å². The lowest BCUT2D eigenvalue weighted by molar-refractivity contribution is 0.0773. The minimum absolute atomic E-state index is 0.0722. The third-order valence-corrected chi connectivity index (χ3v) is 5.37. The lowest BCUT2D eigenvalue weighted by Crippen LogP contribution is -2.30. The number of nitrogens with zero attached hydrogens (tertiary/aromatic N) is 1. The van der Waals surface area contributed by atoms with Crippen LogP contribution in [0.1, 0.15) is 58.5 Å². The van der Waals surface area contributed by atoms with E-state index >= 15 is 0 Å². The van der Waals surface area contributed by atoms with E-state index in [1.165, 1.54) is 11.1 Å². The van der Waals surface area contributed by atoms with Crippen LogP contribution >= 0.6 is 0 Å².